The molecule has 2 rings (SSSR count). The van der Waals surface area contributed by atoms with E-state index in [0.717, 1.165) is 45.2 Å². The van der Waals surface area contributed by atoms with E-state index in [1.165, 1.54) is 0 Å². The van der Waals surface area contributed by atoms with Crippen molar-refractivity contribution in [3.63, 3.8) is 0 Å². The van der Waals surface area contributed by atoms with Crippen LogP contribution in [-0.4, -0.2) is 49.3 Å². The molecular weight excluding hydrogens is 218 g/mol. The Kier molecular flexibility index (Phi) is 4.05. The number of rotatable bonds is 5. The van der Waals surface area contributed by atoms with E-state index in [1.807, 2.05) is 4.90 Å². The van der Waals surface area contributed by atoms with Crippen LogP contribution in [0.2, 0.25) is 0 Å². The summed E-state index contributed by atoms with van der Waals surface area (Å²) in [6.07, 6.45) is 4.98. The van der Waals surface area contributed by atoms with Gasteiger partial charge in [0, 0.05) is 39.3 Å². The molecule has 17 heavy (non-hydrogen) atoms. The van der Waals surface area contributed by atoms with Crippen molar-refractivity contribution >= 4 is 5.91 Å². The highest BCUT2D eigenvalue weighted by atomic mass is 16.5. The Morgan fingerprint density at radius 1 is 1.53 bits per heavy atom. The first-order chi connectivity index (χ1) is 8.22. The molecule has 1 atom stereocenters. The number of likely N-dealkylation sites (tertiary alicyclic amines) is 1. The fourth-order valence-electron chi connectivity index (χ4n) is 2.97. The number of hydrogen-bond acceptors (Lipinski definition) is 3. The summed E-state index contributed by atoms with van der Waals surface area (Å²) in [4.78, 5) is 14.5. The summed E-state index contributed by atoms with van der Waals surface area (Å²) >= 11 is 0. The van der Waals surface area contributed by atoms with E-state index >= 15 is 0 Å². The molecule has 1 N–H and O–H groups in total. The number of aliphatic hydroxyl groups is 1. The van der Waals surface area contributed by atoms with Gasteiger partial charge in [0.25, 0.3) is 0 Å². The summed E-state index contributed by atoms with van der Waals surface area (Å²) in [5, 5.41) is 9.12. The zero-order valence-electron chi connectivity index (χ0n) is 10.7. The molecule has 4 nitrogen and oxygen atoms in total. The van der Waals surface area contributed by atoms with E-state index in [2.05, 4.69) is 0 Å². The predicted molar refractivity (Wildman–Crippen MR) is 64.5 cm³/mol. The third kappa shape index (κ3) is 2.47. The molecule has 1 heterocycles. The number of carbonyl (C=O) groups is 1. The summed E-state index contributed by atoms with van der Waals surface area (Å²) in [6.45, 7) is 2.43. The van der Waals surface area contributed by atoms with E-state index in [-0.39, 0.29) is 12.0 Å². The highest BCUT2D eigenvalue weighted by Gasteiger charge is 2.46. The third-order valence-electron chi connectivity index (χ3n) is 4.38. The van der Waals surface area contributed by atoms with Gasteiger partial charge >= 0.3 is 0 Å². The number of aliphatic hydroxyl groups excluding tert-OH is 1. The van der Waals surface area contributed by atoms with E-state index in [9.17, 15) is 4.79 Å². The van der Waals surface area contributed by atoms with Gasteiger partial charge < -0.3 is 14.7 Å². The molecule has 0 spiro atoms. The van der Waals surface area contributed by atoms with Crippen LogP contribution in [0.4, 0.5) is 0 Å². The van der Waals surface area contributed by atoms with E-state index in [4.69, 9.17) is 9.84 Å². The maximum absolute atomic E-state index is 12.5. The lowest BCUT2D eigenvalue weighted by Gasteiger charge is -2.42. The summed E-state index contributed by atoms with van der Waals surface area (Å²) in [7, 11) is 1.69. The molecule has 4 heteroatoms. The number of hydrogen-bond donors (Lipinski definition) is 1. The summed E-state index contributed by atoms with van der Waals surface area (Å²) < 4.78 is 5.12. The lowest BCUT2D eigenvalue weighted by Crippen LogP contribution is -2.47. The van der Waals surface area contributed by atoms with Crippen molar-refractivity contribution < 1.29 is 14.6 Å². The number of carbonyl (C=O) groups excluding carboxylic acids is 1. The molecule has 2 aliphatic rings. The Labute approximate surface area is 103 Å². The average Bonchev–Trinajstić information content (AvgIpc) is 2.76. The van der Waals surface area contributed by atoms with Crippen LogP contribution < -0.4 is 0 Å². The second-order valence-corrected chi connectivity index (χ2v) is 5.47. The quantitative estimate of drug-likeness (QED) is 0.782. The maximum Gasteiger partial charge on any atom is 0.228 e. The molecule has 1 amide bonds. The molecule has 0 aromatic rings. The normalized spacial score (nSPS) is 26.9. The van der Waals surface area contributed by atoms with Crippen molar-refractivity contribution in [2.24, 2.45) is 11.3 Å². The van der Waals surface area contributed by atoms with Crippen LogP contribution in [0.3, 0.4) is 0 Å². The van der Waals surface area contributed by atoms with Crippen molar-refractivity contribution in [2.75, 3.05) is 33.4 Å². The Morgan fingerprint density at radius 2 is 2.29 bits per heavy atom. The van der Waals surface area contributed by atoms with Gasteiger partial charge in [0.05, 0.1) is 5.41 Å². The second-order valence-electron chi connectivity index (χ2n) is 5.47. The van der Waals surface area contributed by atoms with Gasteiger partial charge in [0.15, 0.2) is 0 Å². The topological polar surface area (TPSA) is 49.8 Å². The Bertz CT molecular complexity index is 276. The number of nitrogens with zero attached hydrogens (tertiary/aromatic N) is 1. The van der Waals surface area contributed by atoms with Crippen LogP contribution in [0.15, 0.2) is 0 Å². The van der Waals surface area contributed by atoms with Gasteiger partial charge in [0.2, 0.25) is 5.91 Å². The Balaban J connectivity index is 1.93. The van der Waals surface area contributed by atoms with Gasteiger partial charge in [-0.05, 0) is 25.7 Å². The molecule has 98 valence electrons. The van der Waals surface area contributed by atoms with Crippen molar-refractivity contribution in [1.82, 2.24) is 4.90 Å². The SMILES string of the molecule is COCCC1(C(=O)N2CCC(CO)C2)CCC1. The van der Waals surface area contributed by atoms with E-state index < -0.39 is 0 Å². The molecule has 1 aliphatic carbocycles. The zero-order valence-corrected chi connectivity index (χ0v) is 10.7. The fourth-order valence-corrected chi connectivity index (χ4v) is 2.97. The van der Waals surface area contributed by atoms with Crippen molar-refractivity contribution in [1.29, 1.82) is 0 Å². The zero-order chi connectivity index (χ0) is 12.3. The minimum atomic E-state index is -0.139. The lowest BCUT2D eigenvalue weighted by molar-refractivity contribution is -0.148. The van der Waals surface area contributed by atoms with Crippen LogP contribution in [-0.2, 0) is 9.53 Å². The highest BCUT2D eigenvalue weighted by Crippen LogP contribution is 2.46. The molecule has 1 unspecified atom stereocenters. The molecule has 1 aliphatic heterocycles. The first-order valence-electron chi connectivity index (χ1n) is 6.61. The van der Waals surface area contributed by atoms with Crippen LogP contribution in [0, 0.1) is 11.3 Å². The molecule has 0 aromatic heterocycles. The first kappa shape index (κ1) is 12.8. The van der Waals surface area contributed by atoms with Crippen molar-refractivity contribution in [3.05, 3.63) is 0 Å². The Hall–Kier alpha value is -0.610. The largest absolute Gasteiger partial charge is 0.396 e. The summed E-state index contributed by atoms with van der Waals surface area (Å²) in [6, 6.07) is 0. The van der Waals surface area contributed by atoms with Crippen LogP contribution in [0.1, 0.15) is 32.1 Å². The van der Waals surface area contributed by atoms with Gasteiger partial charge in [-0.2, -0.15) is 0 Å². The first-order valence-corrected chi connectivity index (χ1v) is 6.61. The number of amides is 1. The molecule has 0 bridgehead atoms. The smallest absolute Gasteiger partial charge is 0.228 e. The summed E-state index contributed by atoms with van der Waals surface area (Å²) in [5.41, 5.74) is -0.139. The monoisotopic (exact) mass is 241 g/mol. The van der Waals surface area contributed by atoms with Gasteiger partial charge in [-0.3, -0.25) is 4.79 Å². The minimum Gasteiger partial charge on any atom is -0.396 e. The number of methoxy groups -OCH3 is 1. The van der Waals surface area contributed by atoms with E-state index in [0.29, 0.717) is 18.4 Å². The molecule has 2 fully saturated rings. The van der Waals surface area contributed by atoms with Crippen molar-refractivity contribution in [3.8, 4) is 0 Å². The molecule has 0 radical (unpaired) electrons. The summed E-state index contributed by atoms with van der Waals surface area (Å²) in [5.74, 6) is 0.593. The van der Waals surface area contributed by atoms with Crippen molar-refractivity contribution in [2.45, 2.75) is 32.1 Å². The molecule has 0 aromatic carbocycles. The van der Waals surface area contributed by atoms with Gasteiger partial charge in [0.1, 0.15) is 0 Å². The standard InChI is InChI=1S/C13H23NO3/c1-17-8-6-13(4-2-5-13)12(16)14-7-3-11(9-14)10-15/h11,15H,2-10H2,1H3. The van der Waals surface area contributed by atoms with Crippen LogP contribution >= 0.6 is 0 Å². The van der Waals surface area contributed by atoms with Crippen LogP contribution in [0.5, 0.6) is 0 Å². The van der Waals surface area contributed by atoms with Gasteiger partial charge in [-0.25, -0.2) is 0 Å². The molecule has 1 saturated heterocycles. The molecular formula is C13H23NO3. The minimum absolute atomic E-state index is 0.139. The Morgan fingerprint density at radius 3 is 2.76 bits per heavy atom. The number of ether oxygens (including phenoxy) is 1. The average molecular weight is 241 g/mol. The second kappa shape index (κ2) is 5.36. The van der Waals surface area contributed by atoms with Gasteiger partial charge in [-0.1, -0.05) is 6.42 Å². The lowest BCUT2D eigenvalue weighted by atomic mass is 9.66. The van der Waals surface area contributed by atoms with Gasteiger partial charge in [-0.15, -0.1) is 0 Å². The third-order valence-corrected chi connectivity index (χ3v) is 4.38. The fraction of sp³-hybridized carbons (Fsp3) is 0.923. The van der Waals surface area contributed by atoms with Crippen LogP contribution in [0.25, 0.3) is 0 Å². The predicted octanol–water partition coefficient (Wildman–Crippen LogP) is 1.03. The molecule has 1 saturated carbocycles. The van der Waals surface area contributed by atoms with E-state index in [1.54, 1.807) is 7.11 Å². The maximum atomic E-state index is 12.5. The highest BCUT2D eigenvalue weighted by molar-refractivity contribution is 5.83.